The van der Waals surface area contributed by atoms with E-state index in [2.05, 4.69) is 11.4 Å². The van der Waals surface area contributed by atoms with Crippen LogP contribution in [0.2, 0.25) is 0 Å². The van der Waals surface area contributed by atoms with E-state index in [1.807, 2.05) is 41.3 Å². The average molecular weight is 368 g/mol. The number of ether oxygens (including phenoxy) is 1. The minimum atomic E-state index is 0.0174. The summed E-state index contributed by atoms with van der Waals surface area (Å²) in [5, 5.41) is 4.86. The van der Waals surface area contributed by atoms with Crippen LogP contribution in [-0.2, 0) is 9.59 Å². The van der Waals surface area contributed by atoms with Crippen molar-refractivity contribution in [1.82, 2.24) is 10.2 Å². The van der Waals surface area contributed by atoms with E-state index in [0.717, 1.165) is 35.2 Å². The Kier molecular flexibility index (Phi) is 6.08. The summed E-state index contributed by atoms with van der Waals surface area (Å²) < 4.78 is 5.25. The quantitative estimate of drug-likeness (QED) is 0.748. The topological polar surface area (TPSA) is 63.1 Å². The highest BCUT2D eigenvalue weighted by Gasteiger charge is 2.23. The molecule has 2 aromatic carbocycles. The number of piperazine rings is 1. The van der Waals surface area contributed by atoms with Crippen LogP contribution in [0, 0.1) is 0 Å². The van der Waals surface area contributed by atoms with Gasteiger partial charge < -0.3 is 19.9 Å². The van der Waals surface area contributed by atoms with Crippen LogP contribution in [0.25, 0.3) is 16.8 Å². The van der Waals surface area contributed by atoms with Gasteiger partial charge in [0.1, 0.15) is 5.75 Å². The van der Waals surface area contributed by atoms with Crippen molar-refractivity contribution < 1.29 is 19.2 Å². The van der Waals surface area contributed by atoms with Gasteiger partial charge in [0.25, 0.3) is 5.91 Å². The minimum Gasteiger partial charge on any atom is -0.497 e. The van der Waals surface area contributed by atoms with Crippen LogP contribution in [0.15, 0.2) is 42.5 Å². The lowest BCUT2D eigenvalue weighted by atomic mass is 10.1. The highest BCUT2D eigenvalue weighted by Crippen LogP contribution is 2.22. The molecule has 2 N–H and O–H groups in total. The molecule has 0 radical (unpaired) electrons. The molecule has 0 bridgehead atoms. The number of nitrogens with zero attached hydrogens (tertiary/aromatic N) is 1. The molecular formula is C21H26N3O3+. The fraction of sp³-hybridized carbons (Fsp3) is 0.333. The maximum Gasteiger partial charge on any atom is 0.274 e. The molecule has 1 saturated heterocycles. The van der Waals surface area contributed by atoms with Crippen LogP contribution in [0.3, 0.4) is 0 Å². The smallest absolute Gasteiger partial charge is 0.274 e. The molecule has 0 spiro atoms. The summed E-state index contributed by atoms with van der Waals surface area (Å²) in [5.41, 5.74) is 0.991. The monoisotopic (exact) mass is 368 g/mol. The fourth-order valence-electron chi connectivity index (χ4n) is 3.28. The Hall–Kier alpha value is -2.86. The lowest BCUT2D eigenvalue weighted by Crippen LogP contribution is -3.15. The van der Waals surface area contributed by atoms with Gasteiger partial charge in [-0.15, -0.1) is 0 Å². The van der Waals surface area contributed by atoms with Crippen LogP contribution >= 0.6 is 0 Å². The van der Waals surface area contributed by atoms with E-state index in [0.29, 0.717) is 19.6 Å². The third kappa shape index (κ3) is 4.86. The first-order chi connectivity index (χ1) is 13.1. The minimum absolute atomic E-state index is 0.0174. The Morgan fingerprint density at radius 2 is 1.85 bits per heavy atom. The molecule has 1 aliphatic heterocycles. The Bertz CT molecular complexity index is 855. The molecule has 2 aromatic rings. The molecule has 0 aliphatic carbocycles. The van der Waals surface area contributed by atoms with Crippen molar-refractivity contribution in [1.29, 1.82) is 0 Å². The van der Waals surface area contributed by atoms with Gasteiger partial charge in [0.2, 0.25) is 5.91 Å². The van der Waals surface area contributed by atoms with Gasteiger partial charge in [-0.25, -0.2) is 0 Å². The van der Waals surface area contributed by atoms with Crippen LogP contribution in [0.5, 0.6) is 5.75 Å². The number of amides is 2. The second kappa shape index (κ2) is 8.68. The summed E-state index contributed by atoms with van der Waals surface area (Å²) in [7, 11) is 3.30. The second-order valence-corrected chi connectivity index (χ2v) is 6.73. The van der Waals surface area contributed by atoms with E-state index < -0.39 is 0 Å². The summed E-state index contributed by atoms with van der Waals surface area (Å²) in [6.45, 7) is 3.41. The molecule has 3 rings (SSSR count). The standard InChI is InChI=1S/C21H25N3O3/c1-22-20(25)15-23-9-11-24(12-10-23)21(26)8-4-16-3-5-18-14-19(27-2)7-6-17(18)13-16/h3-8,13-14H,9-12,15H2,1-2H3,(H,22,25)/p+1/b8-4+. The summed E-state index contributed by atoms with van der Waals surface area (Å²) in [5.74, 6) is 0.890. The third-order valence-electron chi connectivity index (χ3n) is 4.96. The molecule has 2 amide bonds. The highest BCUT2D eigenvalue weighted by molar-refractivity contribution is 5.93. The number of hydrogen-bond donors (Lipinski definition) is 2. The van der Waals surface area contributed by atoms with Crippen LogP contribution < -0.4 is 15.0 Å². The predicted octanol–water partition coefficient (Wildman–Crippen LogP) is 0.335. The Morgan fingerprint density at radius 3 is 2.56 bits per heavy atom. The number of likely N-dealkylation sites (N-methyl/N-ethyl adjacent to an activating group) is 1. The molecule has 6 heteroatoms. The van der Waals surface area contributed by atoms with Gasteiger partial charge in [-0.2, -0.15) is 0 Å². The third-order valence-corrected chi connectivity index (χ3v) is 4.96. The van der Waals surface area contributed by atoms with Crippen molar-refractivity contribution in [2.45, 2.75) is 0 Å². The summed E-state index contributed by atoms with van der Waals surface area (Å²) in [6, 6.07) is 12.0. The Balaban J connectivity index is 1.58. The van der Waals surface area contributed by atoms with Gasteiger partial charge in [0.15, 0.2) is 6.54 Å². The maximum absolute atomic E-state index is 12.4. The summed E-state index contributed by atoms with van der Waals surface area (Å²) >= 11 is 0. The summed E-state index contributed by atoms with van der Waals surface area (Å²) in [6.07, 6.45) is 3.49. The molecule has 0 saturated carbocycles. The zero-order valence-electron chi connectivity index (χ0n) is 15.8. The normalized spacial score (nSPS) is 15.3. The van der Waals surface area contributed by atoms with Crippen LogP contribution in [0.4, 0.5) is 0 Å². The predicted molar refractivity (Wildman–Crippen MR) is 106 cm³/mol. The number of carbonyl (C=O) groups is 2. The average Bonchev–Trinajstić information content (AvgIpc) is 2.71. The van der Waals surface area contributed by atoms with Crippen molar-refractivity contribution in [3.63, 3.8) is 0 Å². The number of fused-ring (bicyclic) bond motifs is 1. The van der Waals surface area contributed by atoms with Crippen molar-refractivity contribution >= 4 is 28.7 Å². The van der Waals surface area contributed by atoms with Gasteiger partial charge in [-0.05, 0) is 40.6 Å². The van der Waals surface area contributed by atoms with Crippen molar-refractivity contribution in [3.05, 3.63) is 48.0 Å². The Labute approximate surface area is 159 Å². The number of quaternary nitrogens is 1. The lowest BCUT2D eigenvalue weighted by Gasteiger charge is -2.31. The van der Waals surface area contributed by atoms with Gasteiger partial charge in [0, 0.05) is 13.1 Å². The van der Waals surface area contributed by atoms with Gasteiger partial charge in [0.05, 0.1) is 33.3 Å². The van der Waals surface area contributed by atoms with Crippen molar-refractivity contribution in [2.75, 3.05) is 46.9 Å². The SMILES string of the molecule is CNC(=O)C[NH+]1CCN(C(=O)/C=C/c2ccc3cc(OC)ccc3c2)CC1. The zero-order valence-corrected chi connectivity index (χ0v) is 15.8. The number of carbonyl (C=O) groups excluding carboxylic acids is 2. The van der Waals surface area contributed by atoms with Crippen molar-refractivity contribution in [3.8, 4) is 5.75 Å². The highest BCUT2D eigenvalue weighted by atomic mass is 16.5. The second-order valence-electron chi connectivity index (χ2n) is 6.73. The number of nitrogens with one attached hydrogen (secondary N) is 2. The van der Waals surface area contributed by atoms with E-state index in [-0.39, 0.29) is 11.8 Å². The maximum atomic E-state index is 12.4. The van der Waals surface area contributed by atoms with Gasteiger partial charge >= 0.3 is 0 Å². The van der Waals surface area contributed by atoms with E-state index in [4.69, 9.17) is 4.74 Å². The van der Waals surface area contributed by atoms with E-state index >= 15 is 0 Å². The van der Waals surface area contributed by atoms with Crippen LogP contribution in [-0.4, -0.2) is 63.6 Å². The van der Waals surface area contributed by atoms with Gasteiger partial charge in [-0.1, -0.05) is 18.2 Å². The first-order valence-electron chi connectivity index (χ1n) is 9.18. The summed E-state index contributed by atoms with van der Waals surface area (Å²) in [4.78, 5) is 26.9. The van der Waals surface area contributed by atoms with Crippen molar-refractivity contribution in [2.24, 2.45) is 0 Å². The van der Waals surface area contributed by atoms with Gasteiger partial charge in [-0.3, -0.25) is 9.59 Å². The molecular weight excluding hydrogens is 342 g/mol. The molecule has 0 aromatic heterocycles. The largest absolute Gasteiger partial charge is 0.497 e. The Morgan fingerprint density at radius 1 is 1.15 bits per heavy atom. The molecule has 1 heterocycles. The first kappa shape index (κ1) is 18.9. The number of methoxy groups -OCH3 is 1. The molecule has 1 aliphatic rings. The molecule has 0 atom stereocenters. The fourth-order valence-corrected chi connectivity index (χ4v) is 3.28. The first-order valence-corrected chi connectivity index (χ1v) is 9.18. The number of benzene rings is 2. The van der Waals surface area contributed by atoms with E-state index in [1.165, 1.54) is 4.90 Å². The number of rotatable bonds is 5. The number of hydrogen-bond acceptors (Lipinski definition) is 3. The molecule has 27 heavy (non-hydrogen) atoms. The molecule has 1 fully saturated rings. The van der Waals surface area contributed by atoms with E-state index in [1.54, 1.807) is 20.2 Å². The van der Waals surface area contributed by atoms with Crippen LogP contribution in [0.1, 0.15) is 5.56 Å². The lowest BCUT2D eigenvalue weighted by molar-refractivity contribution is -0.896. The molecule has 6 nitrogen and oxygen atoms in total. The van der Waals surface area contributed by atoms with E-state index in [9.17, 15) is 9.59 Å². The molecule has 142 valence electrons. The molecule has 0 unspecified atom stereocenters. The zero-order chi connectivity index (χ0) is 19.2.